The molecule has 1 fully saturated rings. The second kappa shape index (κ2) is 9.30. The van der Waals surface area contributed by atoms with E-state index in [2.05, 4.69) is 5.32 Å². The highest BCUT2D eigenvalue weighted by atomic mass is 16.4. The van der Waals surface area contributed by atoms with Gasteiger partial charge in [-0.25, -0.2) is 0 Å². The molecule has 27 heavy (non-hydrogen) atoms. The number of amides is 2. The van der Waals surface area contributed by atoms with Crippen molar-refractivity contribution in [2.45, 2.75) is 51.6 Å². The molecule has 1 aliphatic carbocycles. The topological polar surface area (TPSA) is 104 Å². The van der Waals surface area contributed by atoms with E-state index in [0.717, 1.165) is 12.8 Å². The fraction of sp³-hybridized carbons (Fsp3) is 0.500. The highest BCUT2D eigenvalue weighted by Gasteiger charge is 2.34. The Hall–Kier alpha value is -2.70. The highest BCUT2D eigenvalue weighted by molar-refractivity contribution is 6.01. The van der Waals surface area contributed by atoms with Crippen LogP contribution in [0.1, 0.15) is 49.9 Å². The monoisotopic (exact) mass is 374 g/mol. The smallest absolute Gasteiger partial charge is 0.308 e. The van der Waals surface area contributed by atoms with E-state index in [1.165, 1.54) is 0 Å². The first-order valence-electron chi connectivity index (χ1n) is 9.20. The van der Waals surface area contributed by atoms with Crippen LogP contribution in [0.5, 0.6) is 0 Å². The van der Waals surface area contributed by atoms with Gasteiger partial charge in [0, 0.05) is 31.0 Å². The zero-order chi connectivity index (χ0) is 20.0. The molecule has 0 bridgehead atoms. The minimum absolute atomic E-state index is 0.000913. The molecule has 2 atom stereocenters. The molecule has 0 unspecified atom stereocenters. The van der Waals surface area contributed by atoms with Crippen LogP contribution < -0.4 is 5.32 Å². The summed E-state index contributed by atoms with van der Waals surface area (Å²) >= 11 is 0. The van der Waals surface area contributed by atoms with E-state index in [1.54, 1.807) is 43.0 Å². The number of aliphatic carboxylic acids is 1. The molecule has 2 rings (SSSR count). The molecule has 2 amide bonds. The zero-order valence-corrected chi connectivity index (χ0v) is 15.7. The van der Waals surface area contributed by atoms with Gasteiger partial charge < -0.3 is 15.3 Å². The van der Waals surface area contributed by atoms with E-state index >= 15 is 0 Å². The number of rotatable bonds is 10. The number of carbonyl (C=O) groups excluding carboxylic acids is 3. The molecule has 0 radical (unpaired) electrons. The Kier molecular flexibility index (Phi) is 7.10. The maximum Gasteiger partial charge on any atom is 0.308 e. The molecule has 1 aromatic carbocycles. The summed E-state index contributed by atoms with van der Waals surface area (Å²) in [5.41, 5.74) is 0.518. The number of Topliss-reactive ketones (excluding diaryl/α,β-unsaturated/α-hetero) is 1. The van der Waals surface area contributed by atoms with Crippen LogP contribution in [-0.2, 0) is 14.4 Å². The first-order valence-corrected chi connectivity index (χ1v) is 9.20. The lowest BCUT2D eigenvalue weighted by molar-refractivity contribution is -0.143. The van der Waals surface area contributed by atoms with Gasteiger partial charge in [0.1, 0.15) is 0 Å². The number of carboxylic acid groups (broad SMARTS) is 1. The molecule has 146 valence electrons. The van der Waals surface area contributed by atoms with Gasteiger partial charge in [-0.05, 0) is 19.8 Å². The van der Waals surface area contributed by atoms with E-state index < -0.39 is 17.9 Å². The van der Waals surface area contributed by atoms with Gasteiger partial charge in [0.2, 0.25) is 11.8 Å². The Morgan fingerprint density at radius 3 is 2.30 bits per heavy atom. The third-order valence-corrected chi connectivity index (χ3v) is 4.60. The average Bonchev–Trinajstić information content (AvgIpc) is 3.48. The average molecular weight is 374 g/mol. The van der Waals surface area contributed by atoms with Gasteiger partial charge in [0.15, 0.2) is 5.78 Å². The van der Waals surface area contributed by atoms with E-state index in [1.807, 2.05) is 6.07 Å². The molecular weight excluding hydrogens is 348 g/mol. The van der Waals surface area contributed by atoms with Crippen molar-refractivity contribution in [3.63, 3.8) is 0 Å². The van der Waals surface area contributed by atoms with Crippen LogP contribution in [0.25, 0.3) is 0 Å². The summed E-state index contributed by atoms with van der Waals surface area (Å²) in [5, 5.41) is 11.7. The van der Waals surface area contributed by atoms with E-state index in [9.17, 15) is 19.2 Å². The van der Waals surface area contributed by atoms with Gasteiger partial charge in [0.05, 0.1) is 12.0 Å². The lowest BCUT2D eigenvalue weighted by Gasteiger charge is -2.24. The molecule has 1 aromatic rings. The first kappa shape index (κ1) is 20.6. The van der Waals surface area contributed by atoms with Crippen molar-refractivity contribution < 1.29 is 24.3 Å². The Labute approximate surface area is 158 Å². The summed E-state index contributed by atoms with van der Waals surface area (Å²) in [6.07, 6.45) is 1.70. The predicted molar refractivity (Wildman–Crippen MR) is 99.1 cm³/mol. The van der Waals surface area contributed by atoms with Crippen molar-refractivity contribution in [2.75, 3.05) is 6.54 Å². The largest absolute Gasteiger partial charge is 0.481 e. The van der Waals surface area contributed by atoms with Gasteiger partial charge in [0.25, 0.3) is 0 Å². The van der Waals surface area contributed by atoms with Crippen molar-refractivity contribution in [3.05, 3.63) is 35.9 Å². The van der Waals surface area contributed by atoms with E-state index in [4.69, 9.17) is 5.11 Å². The molecule has 1 aliphatic rings. The predicted octanol–water partition coefficient (Wildman–Crippen LogP) is 1.87. The SMILES string of the molecule is C[C@@H](CN(C(=O)CCC(=O)N[C@H](C)C(=O)c1ccccc1)C1CC1)C(=O)O. The second-order valence-corrected chi connectivity index (χ2v) is 7.04. The fourth-order valence-electron chi connectivity index (χ4n) is 2.81. The molecule has 7 nitrogen and oxygen atoms in total. The van der Waals surface area contributed by atoms with Crippen molar-refractivity contribution in [1.82, 2.24) is 10.2 Å². The van der Waals surface area contributed by atoms with Crippen LogP contribution in [0.15, 0.2) is 30.3 Å². The summed E-state index contributed by atoms with van der Waals surface area (Å²) in [6, 6.07) is 8.10. The van der Waals surface area contributed by atoms with Gasteiger partial charge in [-0.2, -0.15) is 0 Å². The Morgan fingerprint density at radius 1 is 1.11 bits per heavy atom. The van der Waals surface area contributed by atoms with Crippen LogP contribution in [0.2, 0.25) is 0 Å². The Balaban J connectivity index is 1.82. The van der Waals surface area contributed by atoms with Crippen LogP contribution >= 0.6 is 0 Å². The molecule has 7 heteroatoms. The number of nitrogens with zero attached hydrogens (tertiary/aromatic N) is 1. The van der Waals surface area contributed by atoms with Gasteiger partial charge >= 0.3 is 5.97 Å². The van der Waals surface area contributed by atoms with Gasteiger partial charge in [-0.3, -0.25) is 19.2 Å². The van der Waals surface area contributed by atoms with Crippen LogP contribution in [0.4, 0.5) is 0 Å². The summed E-state index contributed by atoms with van der Waals surface area (Å²) in [6.45, 7) is 3.33. The maximum absolute atomic E-state index is 12.4. The summed E-state index contributed by atoms with van der Waals surface area (Å²) < 4.78 is 0. The maximum atomic E-state index is 12.4. The van der Waals surface area contributed by atoms with Gasteiger partial charge in [-0.15, -0.1) is 0 Å². The molecular formula is C20H26N2O5. The van der Waals surface area contributed by atoms with E-state index in [0.29, 0.717) is 5.56 Å². The fourth-order valence-corrected chi connectivity index (χ4v) is 2.81. The van der Waals surface area contributed by atoms with Crippen molar-refractivity contribution in [1.29, 1.82) is 0 Å². The molecule has 0 heterocycles. The van der Waals surface area contributed by atoms with Crippen molar-refractivity contribution in [3.8, 4) is 0 Å². The number of carboxylic acids is 1. The number of hydrogen-bond donors (Lipinski definition) is 2. The third-order valence-electron chi connectivity index (χ3n) is 4.60. The lowest BCUT2D eigenvalue weighted by atomic mass is 10.1. The summed E-state index contributed by atoms with van der Waals surface area (Å²) in [4.78, 5) is 49.4. The number of carbonyl (C=O) groups is 4. The molecule has 0 spiro atoms. The molecule has 0 aliphatic heterocycles. The molecule has 2 N–H and O–H groups in total. The third kappa shape index (κ3) is 6.20. The number of ketones is 1. The highest BCUT2D eigenvalue weighted by Crippen LogP contribution is 2.28. The van der Waals surface area contributed by atoms with Crippen LogP contribution in [0, 0.1) is 5.92 Å². The molecule has 0 saturated heterocycles. The number of nitrogens with one attached hydrogen (secondary N) is 1. The summed E-state index contributed by atoms with van der Waals surface area (Å²) in [5.74, 6) is -2.37. The van der Waals surface area contributed by atoms with Crippen LogP contribution in [0.3, 0.4) is 0 Å². The molecule has 1 saturated carbocycles. The Morgan fingerprint density at radius 2 is 1.74 bits per heavy atom. The normalized spacial score (nSPS) is 15.5. The quantitative estimate of drug-likeness (QED) is 0.609. The van der Waals surface area contributed by atoms with Gasteiger partial charge in [-0.1, -0.05) is 37.3 Å². The van der Waals surface area contributed by atoms with E-state index in [-0.39, 0.29) is 43.0 Å². The first-order chi connectivity index (χ1) is 12.8. The lowest BCUT2D eigenvalue weighted by Crippen LogP contribution is -2.41. The molecule has 0 aromatic heterocycles. The summed E-state index contributed by atoms with van der Waals surface area (Å²) in [7, 11) is 0. The minimum Gasteiger partial charge on any atom is -0.481 e. The standard InChI is InChI=1S/C20H26N2O5/c1-13(20(26)27)12-22(16-8-9-16)18(24)11-10-17(23)21-14(2)19(25)15-6-4-3-5-7-15/h3-7,13-14,16H,8-12H2,1-2H3,(H,21,23)(H,26,27)/t13-,14+/m0/s1. The zero-order valence-electron chi connectivity index (χ0n) is 15.7. The van der Waals surface area contributed by atoms with Crippen molar-refractivity contribution in [2.24, 2.45) is 5.92 Å². The van der Waals surface area contributed by atoms with Crippen LogP contribution in [-0.4, -0.2) is 52.2 Å². The van der Waals surface area contributed by atoms with Crippen molar-refractivity contribution >= 4 is 23.6 Å². The Bertz CT molecular complexity index is 700. The number of hydrogen-bond acceptors (Lipinski definition) is 4. The number of benzene rings is 1. The second-order valence-electron chi connectivity index (χ2n) is 7.04. The minimum atomic E-state index is -0.945.